The summed E-state index contributed by atoms with van der Waals surface area (Å²) in [6.45, 7) is 0. The highest BCUT2D eigenvalue weighted by Crippen LogP contribution is 2.42. The maximum absolute atomic E-state index is 2.42. The number of nitrogens with zero attached hydrogens (tertiary/aromatic N) is 2. The van der Waals surface area contributed by atoms with Gasteiger partial charge in [0.15, 0.2) is 0 Å². The predicted octanol–water partition coefficient (Wildman–Crippen LogP) is 12.2. The zero-order valence-corrected chi connectivity index (χ0v) is 25.2. The quantitative estimate of drug-likeness (QED) is 0.195. The molecule has 216 valence electrons. The summed E-state index contributed by atoms with van der Waals surface area (Å²) in [6.07, 6.45) is 0. The molecule has 46 heavy (non-hydrogen) atoms. The molecule has 0 saturated heterocycles. The Bertz CT molecular complexity index is 2470. The largest absolute Gasteiger partial charge is 0.310 e. The first kappa shape index (κ1) is 26.3. The fourth-order valence-corrected chi connectivity index (χ4v) is 7.02. The molecule has 2 nitrogen and oxygen atoms in total. The Hall–Kier alpha value is -6.12. The monoisotopic (exact) mass is 586 g/mol. The van der Waals surface area contributed by atoms with Crippen molar-refractivity contribution >= 4 is 60.4 Å². The normalized spacial score (nSPS) is 11.5. The zero-order valence-electron chi connectivity index (χ0n) is 25.2. The van der Waals surface area contributed by atoms with E-state index in [9.17, 15) is 0 Å². The van der Waals surface area contributed by atoms with Gasteiger partial charge in [0.25, 0.3) is 0 Å². The summed E-state index contributed by atoms with van der Waals surface area (Å²) >= 11 is 0. The number of hydrogen-bond acceptors (Lipinski definition) is 1. The molecule has 0 saturated carbocycles. The van der Waals surface area contributed by atoms with Gasteiger partial charge in [-0.15, -0.1) is 0 Å². The van der Waals surface area contributed by atoms with E-state index in [4.69, 9.17) is 0 Å². The molecule has 1 heterocycles. The van der Waals surface area contributed by atoms with E-state index in [1.54, 1.807) is 0 Å². The Morgan fingerprint density at radius 2 is 0.891 bits per heavy atom. The Morgan fingerprint density at radius 1 is 0.348 bits per heavy atom. The molecule has 0 atom stereocenters. The van der Waals surface area contributed by atoms with Gasteiger partial charge < -0.3 is 9.47 Å². The molecule has 0 fully saturated rings. The molecule has 9 rings (SSSR count). The van der Waals surface area contributed by atoms with Crippen LogP contribution in [0.3, 0.4) is 0 Å². The minimum absolute atomic E-state index is 1.12. The molecular formula is C44H30N2. The van der Waals surface area contributed by atoms with Crippen LogP contribution in [-0.2, 0) is 0 Å². The minimum atomic E-state index is 1.12. The average Bonchev–Trinajstić information content (AvgIpc) is 3.46. The molecule has 1 aromatic heterocycles. The van der Waals surface area contributed by atoms with Crippen LogP contribution in [-0.4, -0.2) is 4.57 Å². The van der Waals surface area contributed by atoms with E-state index in [2.05, 4.69) is 191 Å². The van der Waals surface area contributed by atoms with Gasteiger partial charge in [-0.1, -0.05) is 127 Å². The molecule has 9 aromatic rings. The van der Waals surface area contributed by atoms with Crippen LogP contribution < -0.4 is 4.90 Å². The van der Waals surface area contributed by atoms with Crippen LogP contribution in [0.4, 0.5) is 17.1 Å². The SMILES string of the molecule is c1ccc(N(c2ccc(-c3ccc4ccccc4c3)cc2)c2ccc(-n3c4ccccc4c4ccccc43)c3ccccc23)cc1. The van der Waals surface area contributed by atoms with Crippen LogP contribution in [0.15, 0.2) is 182 Å². The van der Waals surface area contributed by atoms with Crippen molar-refractivity contribution in [2.45, 2.75) is 0 Å². The van der Waals surface area contributed by atoms with E-state index in [1.807, 2.05) is 0 Å². The van der Waals surface area contributed by atoms with Crippen molar-refractivity contribution in [3.63, 3.8) is 0 Å². The lowest BCUT2D eigenvalue weighted by Crippen LogP contribution is -2.11. The Labute approximate surface area is 268 Å². The Kier molecular flexibility index (Phi) is 6.17. The van der Waals surface area contributed by atoms with E-state index in [-0.39, 0.29) is 0 Å². The first-order chi connectivity index (χ1) is 22.8. The van der Waals surface area contributed by atoms with E-state index >= 15 is 0 Å². The topological polar surface area (TPSA) is 8.17 Å². The average molecular weight is 587 g/mol. The number of benzene rings is 8. The van der Waals surface area contributed by atoms with E-state index in [1.165, 1.54) is 60.2 Å². The second-order valence-corrected chi connectivity index (χ2v) is 11.8. The van der Waals surface area contributed by atoms with Gasteiger partial charge in [0.2, 0.25) is 0 Å². The second-order valence-electron chi connectivity index (χ2n) is 11.8. The van der Waals surface area contributed by atoms with Gasteiger partial charge in [-0.2, -0.15) is 0 Å². The molecule has 0 aliphatic rings. The maximum Gasteiger partial charge on any atom is 0.0542 e. The number of para-hydroxylation sites is 3. The van der Waals surface area contributed by atoms with Crippen molar-refractivity contribution in [3.8, 4) is 16.8 Å². The van der Waals surface area contributed by atoms with Crippen molar-refractivity contribution < 1.29 is 0 Å². The zero-order chi connectivity index (χ0) is 30.5. The third-order valence-electron chi connectivity index (χ3n) is 9.16. The lowest BCUT2D eigenvalue weighted by Gasteiger charge is -2.28. The maximum atomic E-state index is 2.42. The van der Waals surface area contributed by atoms with E-state index < -0.39 is 0 Å². The number of aromatic nitrogens is 1. The predicted molar refractivity (Wildman–Crippen MR) is 196 cm³/mol. The number of rotatable bonds is 5. The standard InChI is InChI=1S/C44H30N2/c1-2-14-35(15-3-1)45(36-26-24-32(25-27-36)34-23-22-31-12-4-5-13-33(31)30-34)43-28-29-44(40-17-7-6-16-39(40)43)46-41-20-10-8-18-37(41)38-19-9-11-21-42(38)46/h1-30H. The highest BCUT2D eigenvalue weighted by Gasteiger charge is 2.19. The smallest absolute Gasteiger partial charge is 0.0542 e. The van der Waals surface area contributed by atoms with Crippen molar-refractivity contribution in [3.05, 3.63) is 182 Å². The summed E-state index contributed by atoms with van der Waals surface area (Å²) in [5.41, 5.74) is 9.41. The summed E-state index contributed by atoms with van der Waals surface area (Å²) in [5.74, 6) is 0. The molecule has 2 heteroatoms. The summed E-state index contributed by atoms with van der Waals surface area (Å²) < 4.78 is 2.42. The van der Waals surface area contributed by atoms with Crippen molar-refractivity contribution in [1.82, 2.24) is 4.57 Å². The molecule has 0 aliphatic heterocycles. The van der Waals surface area contributed by atoms with Gasteiger partial charge in [-0.25, -0.2) is 0 Å². The third-order valence-corrected chi connectivity index (χ3v) is 9.16. The summed E-state index contributed by atoms with van der Waals surface area (Å²) in [7, 11) is 0. The summed E-state index contributed by atoms with van der Waals surface area (Å²) in [6, 6.07) is 65.7. The van der Waals surface area contributed by atoms with Crippen molar-refractivity contribution in [1.29, 1.82) is 0 Å². The number of anilines is 3. The molecule has 0 aliphatic carbocycles. The van der Waals surface area contributed by atoms with E-state index in [0.717, 1.165) is 17.1 Å². The molecule has 0 radical (unpaired) electrons. The fourth-order valence-electron chi connectivity index (χ4n) is 7.02. The highest BCUT2D eigenvalue weighted by molar-refractivity contribution is 6.11. The number of hydrogen-bond donors (Lipinski definition) is 0. The lowest BCUT2D eigenvalue weighted by molar-refractivity contribution is 1.19. The van der Waals surface area contributed by atoms with Gasteiger partial charge >= 0.3 is 0 Å². The van der Waals surface area contributed by atoms with Gasteiger partial charge in [-0.3, -0.25) is 0 Å². The first-order valence-corrected chi connectivity index (χ1v) is 15.8. The van der Waals surface area contributed by atoms with Crippen LogP contribution in [0.25, 0.3) is 60.2 Å². The van der Waals surface area contributed by atoms with Crippen molar-refractivity contribution in [2.24, 2.45) is 0 Å². The molecular weight excluding hydrogens is 556 g/mol. The van der Waals surface area contributed by atoms with Crippen LogP contribution >= 0.6 is 0 Å². The van der Waals surface area contributed by atoms with Crippen LogP contribution in [0.5, 0.6) is 0 Å². The molecule has 0 spiro atoms. The van der Waals surface area contributed by atoms with Crippen LogP contribution in [0.2, 0.25) is 0 Å². The summed E-state index contributed by atoms with van der Waals surface area (Å²) in [4.78, 5) is 2.38. The number of fused-ring (bicyclic) bond motifs is 5. The third kappa shape index (κ3) is 4.27. The molecule has 0 bridgehead atoms. The summed E-state index contributed by atoms with van der Waals surface area (Å²) in [5, 5.41) is 7.45. The Morgan fingerprint density at radius 3 is 1.61 bits per heavy atom. The van der Waals surface area contributed by atoms with Gasteiger partial charge in [-0.05, 0) is 76.5 Å². The van der Waals surface area contributed by atoms with Crippen molar-refractivity contribution in [2.75, 3.05) is 4.90 Å². The molecule has 0 unspecified atom stereocenters. The second kappa shape index (κ2) is 10.8. The van der Waals surface area contributed by atoms with Crippen LogP contribution in [0, 0.1) is 0 Å². The highest BCUT2D eigenvalue weighted by atomic mass is 15.1. The lowest BCUT2D eigenvalue weighted by atomic mass is 10.0. The van der Waals surface area contributed by atoms with Crippen LogP contribution in [0.1, 0.15) is 0 Å². The van der Waals surface area contributed by atoms with E-state index in [0.29, 0.717) is 0 Å². The fraction of sp³-hybridized carbons (Fsp3) is 0. The van der Waals surface area contributed by atoms with Gasteiger partial charge in [0.05, 0.1) is 22.4 Å². The Balaban J connectivity index is 1.22. The molecule has 8 aromatic carbocycles. The minimum Gasteiger partial charge on any atom is -0.310 e. The molecule has 0 N–H and O–H groups in total. The molecule has 0 amide bonds. The van der Waals surface area contributed by atoms with Gasteiger partial charge in [0, 0.05) is 32.9 Å². The van der Waals surface area contributed by atoms with Gasteiger partial charge in [0.1, 0.15) is 0 Å². The first-order valence-electron chi connectivity index (χ1n) is 15.8.